The second kappa shape index (κ2) is 5.04. The van der Waals surface area contributed by atoms with Gasteiger partial charge >= 0.3 is 0 Å². The van der Waals surface area contributed by atoms with Crippen molar-refractivity contribution < 1.29 is 13.5 Å². The van der Waals surface area contributed by atoms with Gasteiger partial charge in [0.2, 0.25) is 0 Å². The largest absolute Gasteiger partial charge is 0.396 e. The number of hydrogen-bond donors (Lipinski definition) is 1. The normalized spacial score (nSPS) is 25.6. The van der Waals surface area contributed by atoms with Crippen LogP contribution in [-0.2, 0) is 9.84 Å². The molecule has 6 heteroatoms. The Morgan fingerprint density at radius 2 is 2.35 bits per heavy atom. The fourth-order valence-electron chi connectivity index (χ4n) is 2.00. The Kier molecular flexibility index (Phi) is 3.85. The fourth-order valence-corrected chi connectivity index (χ4v) is 5.35. The Morgan fingerprint density at radius 1 is 1.59 bits per heavy atom. The third-order valence-corrected chi connectivity index (χ3v) is 6.83. The summed E-state index contributed by atoms with van der Waals surface area (Å²) in [5, 5.41) is 9.35. The minimum atomic E-state index is -3.01. The molecule has 1 aliphatic rings. The second-order valence-electron chi connectivity index (χ2n) is 4.54. The van der Waals surface area contributed by atoms with Crippen LogP contribution in [0.15, 0.2) is 6.20 Å². The summed E-state index contributed by atoms with van der Waals surface area (Å²) < 4.78 is 23.9. The Morgan fingerprint density at radius 3 is 3.00 bits per heavy atom. The van der Waals surface area contributed by atoms with Crippen LogP contribution in [0.25, 0.3) is 0 Å². The third kappa shape index (κ3) is 2.69. The van der Waals surface area contributed by atoms with Crippen molar-refractivity contribution in [1.82, 2.24) is 4.98 Å². The molecule has 96 valence electrons. The van der Waals surface area contributed by atoms with E-state index in [2.05, 4.69) is 4.98 Å². The Balaban J connectivity index is 2.25. The monoisotopic (exact) mass is 275 g/mol. The van der Waals surface area contributed by atoms with Crippen molar-refractivity contribution in [1.29, 1.82) is 0 Å². The van der Waals surface area contributed by atoms with Crippen LogP contribution in [0, 0.1) is 0 Å². The zero-order valence-electron chi connectivity index (χ0n) is 9.80. The van der Waals surface area contributed by atoms with Gasteiger partial charge in [-0.15, -0.1) is 11.3 Å². The van der Waals surface area contributed by atoms with Gasteiger partial charge in [-0.2, -0.15) is 0 Å². The molecule has 0 aromatic carbocycles. The summed E-state index contributed by atoms with van der Waals surface area (Å²) in [6, 6.07) is 0. The summed E-state index contributed by atoms with van der Waals surface area (Å²) in [6.07, 6.45) is 4.10. The molecular formula is C11H17NO3S2. The standard InChI is InChI=1S/C11H17NO3S2/c1-8(7-13)9-6-12-11(16-9)10-4-2-3-5-17(10,14)15/h6,8,10,13H,2-5,7H2,1H3. The lowest BCUT2D eigenvalue weighted by atomic mass is 10.2. The van der Waals surface area contributed by atoms with Gasteiger partial charge in [0.15, 0.2) is 9.84 Å². The SMILES string of the molecule is CC(CO)c1cnc(C2CCCCS2(=O)=O)s1. The van der Waals surface area contributed by atoms with Gasteiger partial charge in [0.05, 0.1) is 12.4 Å². The number of aromatic nitrogens is 1. The molecule has 2 atom stereocenters. The van der Waals surface area contributed by atoms with Gasteiger partial charge in [-0.05, 0) is 12.8 Å². The van der Waals surface area contributed by atoms with Crippen LogP contribution in [0.3, 0.4) is 0 Å². The highest BCUT2D eigenvalue weighted by molar-refractivity contribution is 7.91. The van der Waals surface area contributed by atoms with Gasteiger partial charge in [-0.25, -0.2) is 13.4 Å². The maximum Gasteiger partial charge on any atom is 0.159 e. The highest BCUT2D eigenvalue weighted by Gasteiger charge is 2.32. The number of thiazole rings is 1. The minimum absolute atomic E-state index is 0.0348. The van der Waals surface area contributed by atoms with Crippen LogP contribution in [0.4, 0.5) is 0 Å². The predicted octanol–water partition coefficient (Wildman–Crippen LogP) is 1.88. The molecule has 0 spiro atoms. The molecule has 17 heavy (non-hydrogen) atoms. The van der Waals surface area contributed by atoms with Gasteiger partial charge in [-0.1, -0.05) is 13.3 Å². The van der Waals surface area contributed by atoms with Crippen molar-refractivity contribution in [2.75, 3.05) is 12.4 Å². The fraction of sp³-hybridized carbons (Fsp3) is 0.727. The first-order valence-electron chi connectivity index (χ1n) is 5.82. The molecule has 4 nitrogen and oxygen atoms in total. The molecule has 1 aromatic rings. The van der Waals surface area contributed by atoms with E-state index in [-0.39, 0.29) is 18.3 Å². The number of aliphatic hydroxyl groups is 1. The highest BCUT2D eigenvalue weighted by Crippen LogP contribution is 2.36. The average molecular weight is 275 g/mol. The lowest BCUT2D eigenvalue weighted by Crippen LogP contribution is -2.21. The number of hydrogen-bond acceptors (Lipinski definition) is 5. The van der Waals surface area contributed by atoms with Crippen molar-refractivity contribution in [2.24, 2.45) is 0 Å². The molecule has 2 rings (SSSR count). The highest BCUT2D eigenvalue weighted by atomic mass is 32.2. The molecule has 2 unspecified atom stereocenters. The van der Waals surface area contributed by atoms with E-state index < -0.39 is 15.1 Å². The van der Waals surface area contributed by atoms with Gasteiger partial charge in [-0.3, -0.25) is 0 Å². The van der Waals surface area contributed by atoms with E-state index in [1.165, 1.54) is 11.3 Å². The molecule has 1 fully saturated rings. The van der Waals surface area contributed by atoms with Crippen molar-refractivity contribution in [3.8, 4) is 0 Å². The summed E-state index contributed by atoms with van der Waals surface area (Å²) >= 11 is 1.42. The van der Waals surface area contributed by atoms with E-state index in [0.29, 0.717) is 11.4 Å². The lowest BCUT2D eigenvalue weighted by molar-refractivity contribution is 0.274. The summed E-state index contributed by atoms with van der Waals surface area (Å²) in [4.78, 5) is 5.19. The van der Waals surface area contributed by atoms with Crippen molar-refractivity contribution in [2.45, 2.75) is 37.4 Å². The Hall–Kier alpha value is -0.460. The van der Waals surface area contributed by atoms with Gasteiger partial charge in [0.1, 0.15) is 10.3 Å². The first kappa shape index (κ1) is 13.0. The summed E-state index contributed by atoms with van der Waals surface area (Å²) in [5.74, 6) is 0.315. The lowest BCUT2D eigenvalue weighted by Gasteiger charge is -2.19. The van der Waals surface area contributed by atoms with Gasteiger partial charge in [0, 0.05) is 17.0 Å². The number of nitrogens with zero attached hydrogens (tertiary/aromatic N) is 1. The molecule has 1 aliphatic heterocycles. The Labute approximate surface area is 106 Å². The van der Waals surface area contributed by atoms with Crippen LogP contribution in [0.2, 0.25) is 0 Å². The number of aliphatic hydroxyl groups excluding tert-OH is 1. The topological polar surface area (TPSA) is 67.3 Å². The van der Waals surface area contributed by atoms with Crippen molar-refractivity contribution in [3.63, 3.8) is 0 Å². The van der Waals surface area contributed by atoms with E-state index in [1.807, 2.05) is 6.92 Å². The number of rotatable bonds is 3. The first-order chi connectivity index (χ1) is 8.04. The molecular weight excluding hydrogens is 258 g/mol. The first-order valence-corrected chi connectivity index (χ1v) is 8.36. The summed E-state index contributed by atoms with van der Waals surface area (Å²) in [7, 11) is -3.01. The van der Waals surface area contributed by atoms with E-state index in [1.54, 1.807) is 6.20 Å². The molecule has 1 aromatic heterocycles. The van der Waals surface area contributed by atoms with E-state index in [0.717, 1.165) is 17.7 Å². The molecule has 0 aliphatic carbocycles. The van der Waals surface area contributed by atoms with Crippen LogP contribution in [0.1, 0.15) is 47.2 Å². The van der Waals surface area contributed by atoms with Crippen molar-refractivity contribution in [3.05, 3.63) is 16.1 Å². The minimum Gasteiger partial charge on any atom is -0.396 e. The quantitative estimate of drug-likeness (QED) is 0.914. The molecule has 0 saturated carbocycles. The summed E-state index contributed by atoms with van der Waals surface area (Å²) in [6.45, 7) is 1.98. The maximum absolute atomic E-state index is 11.9. The molecule has 2 heterocycles. The van der Waals surface area contributed by atoms with E-state index in [9.17, 15) is 8.42 Å². The predicted molar refractivity (Wildman–Crippen MR) is 68.0 cm³/mol. The average Bonchev–Trinajstić information content (AvgIpc) is 2.76. The van der Waals surface area contributed by atoms with Crippen LogP contribution in [0.5, 0.6) is 0 Å². The zero-order valence-corrected chi connectivity index (χ0v) is 11.4. The smallest absolute Gasteiger partial charge is 0.159 e. The molecule has 0 amide bonds. The van der Waals surface area contributed by atoms with Crippen LogP contribution < -0.4 is 0 Å². The zero-order chi connectivity index (χ0) is 12.5. The second-order valence-corrected chi connectivity index (χ2v) is 7.93. The maximum atomic E-state index is 11.9. The Bertz CT molecular complexity index is 481. The van der Waals surface area contributed by atoms with E-state index >= 15 is 0 Å². The van der Waals surface area contributed by atoms with E-state index in [4.69, 9.17) is 5.11 Å². The molecule has 0 radical (unpaired) electrons. The molecule has 1 saturated heterocycles. The number of sulfone groups is 1. The van der Waals surface area contributed by atoms with Crippen LogP contribution in [-0.4, -0.2) is 30.9 Å². The van der Waals surface area contributed by atoms with Crippen LogP contribution >= 0.6 is 11.3 Å². The van der Waals surface area contributed by atoms with Crippen molar-refractivity contribution >= 4 is 21.2 Å². The molecule has 0 bridgehead atoms. The molecule has 1 N–H and O–H groups in total. The third-order valence-electron chi connectivity index (χ3n) is 3.16. The van der Waals surface area contributed by atoms with Gasteiger partial charge < -0.3 is 5.11 Å². The summed E-state index contributed by atoms with van der Waals surface area (Å²) in [5.41, 5.74) is 0. The van der Waals surface area contributed by atoms with Gasteiger partial charge in [0.25, 0.3) is 0 Å².